The van der Waals surface area contributed by atoms with Crippen LogP contribution in [0.1, 0.15) is 22.7 Å². The molecule has 0 spiro atoms. The molecule has 1 atom stereocenters. The first-order valence-corrected chi connectivity index (χ1v) is 10.3. The molecule has 1 aliphatic heterocycles. The normalized spacial score (nSPS) is 16.8. The van der Waals surface area contributed by atoms with Gasteiger partial charge in [0.1, 0.15) is 6.33 Å². The first-order chi connectivity index (χ1) is 14.7. The fraction of sp³-hybridized carbons (Fsp3) is 0.154. The van der Waals surface area contributed by atoms with Crippen molar-refractivity contribution in [1.82, 2.24) is 19.9 Å². The number of benzene rings is 3. The molecule has 5 aromatic rings. The molecule has 30 heavy (non-hydrogen) atoms. The lowest BCUT2D eigenvalue weighted by molar-refractivity contribution is 0.294. The van der Waals surface area contributed by atoms with E-state index in [2.05, 4.69) is 93.6 Å². The topological polar surface area (TPSA) is 44.8 Å². The summed E-state index contributed by atoms with van der Waals surface area (Å²) in [5.74, 6) is 0.352. The molecule has 0 saturated carbocycles. The Labute approximate surface area is 175 Å². The number of aromatic nitrogens is 3. The summed E-state index contributed by atoms with van der Waals surface area (Å²) in [5.41, 5.74) is 8.74. The van der Waals surface area contributed by atoms with E-state index in [9.17, 15) is 0 Å². The minimum absolute atomic E-state index is 0.352. The molecule has 146 valence electrons. The summed E-state index contributed by atoms with van der Waals surface area (Å²) >= 11 is 0. The van der Waals surface area contributed by atoms with Crippen LogP contribution in [0.2, 0.25) is 0 Å². The second kappa shape index (κ2) is 6.78. The van der Waals surface area contributed by atoms with Crippen LogP contribution >= 0.6 is 0 Å². The maximum Gasteiger partial charge on any atom is 0.116 e. The Morgan fingerprint density at radius 3 is 2.73 bits per heavy atom. The zero-order valence-electron chi connectivity index (χ0n) is 16.8. The van der Waals surface area contributed by atoms with Crippen molar-refractivity contribution in [2.75, 3.05) is 13.6 Å². The highest BCUT2D eigenvalue weighted by Crippen LogP contribution is 2.36. The van der Waals surface area contributed by atoms with Crippen molar-refractivity contribution < 1.29 is 0 Å². The van der Waals surface area contributed by atoms with Crippen LogP contribution in [0, 0.1) is 0 Å². The Bertz CT molecular complexity index is 1350. The molecule has 2 aromatic heterocycles. The van der Waals surface area contributed by atoms with Crippen LogP contribution in [-0.2, 0) is 6.54 Å². The molecule has 0 bridgehead atoms. The number of hydrogen-bond donors (Lipinski definition) is 1. The van der Waals surface area contributed by atoms with Crippen LogP contribution in [0.15, 0.2) is 79.3 Å². The van der Waals surface area contributed by atoms with Crippen molar-refractivity contribution in [3.05, 3.63) is 96.1 Å². The van der Waals surface area contributed by atoms with E-state index < -0.39 is 0 Å². The predicted octanol–water partition coefficient (Wildman–Crippen LogP) is 5.36. The summed E-state index contributed by atoms with van der Waals surface area (Å²) in [6.45, 7) is 1.99. The third-order valence-corrected chi connectivity index (χ3v) is 6.22. The van der Waals surface area contributed by atoms with Crippen molar-refractivity contribution in [3.8, 4) is 11.1 Å². The van der Waals surface area contributed by atoms with Gasteiger partial charge in [0.25, 0.3) is 0 Å². The lowest BCUT2D eigenvalue weighted by Gasteiger charge is -2.32. The van der Waals surface area contributed by atoms with Crippen LogP contribution in [0.5, 0.6) is 0 Å². The summed E-state index contributed by atoms with van der Waals surface area (Å²) in [5, 5.41) is 2.35. The average molecular weight is 390 g/mol. The fourth-order valence-electron chi connectivity index (χ4n) is 4.74. The molecule has 0 saturated heterocycles. The Hall–Kier alpha value is -3.50. The van der Waals surface area contributed by atoms with Gasteiger partial charge in [0.05, 0.1) is 5.52 Å². The number of likely N-dealkylation sites (N-methyl/N-ethyl adjacent to an activating group) is 1. The Morgan fingerprint density at radius 1 is 0.933 bits per heavy atom. The molecule has 0 amide bonds. The maximum absolute atomic E-state index is 4.34. The van der Waals surface area contributed by atoms with E-state index in [1.807, 2.05) is 6.20 Å². The van der Waals surface area contributed by atoms with Crippen molar-refractivity contribution >= 4 is 21.8 Å². The molecule has 0 radical (unpaired) electrons. The van der Waals surface area contributed by atoms with Crippen LogP contribution in [0.4, 0.5) is 0 Å². The van der Waals surface area contributed by atoms with Crippen LogP contribution < -0.4 is 0 Å². The zero-order chi connectivity index (χ0) is 20.1. The van der Waals surface area contributed by atoms with Gasteiger partial charge in [-0.05, 0) is 65.0 Å². The van der Waals surface area contributed by atoms with Crippen molar-refractivity contribution in [2.24, 2.45) is 0 Å². The largest absolute Gasteiger partial charge is 0.358 e. The van der Waals surface area contributed by atoms with Crippen molar-refractivity contribution in [2.45, 2.75) is 12.5 Å². The number of nitrogens with zero attached hydrogens (tertiary/aromatic N) is 3. The van der Waals surface area contributed by atoms with Gasteiger partial charge in [0, 0.05) is 41.8 Å². The number of H-pyrrole nitrogens is 1. The molecule has 6 rings (SSSR count). The van der Waals surface area contributed by atoms with E-state index in [0.717, 1.165) is 24.0 Å². The van der Waals surface area contributed by atoms with Gasteiger partial charge in [-0.2, -0.15) is 0 Å². The fourth-order valence-corrected chi connectivity index (χ4v) is 4.74. The summed E-state index contributed by atoms with van der Waals surface area (Å²) in [6.07, 6.45) is 3.48. The van der Waals surface area contributed by atoms with Gasteiger partial charge in [0.2, 0.25) is 0 Å². The number of para-hydroxylation sites is 1. The first-order valence-electron chi connectivity index (χ1n) is 10.3. The van der Waals surface area contributed by atoms with Gasteiger partial charge in [-0.25, -0.2) is 9.97 Å². The van der Waals surface area contributed by atoms with Gasteiger partial charge in [-0.15, -0.1) is 0 Å². The van der Waals surface area contributed by atoms with E-state index in [0.29, 0.717) is 5.92 Å². The molecule has 0 aliphatic carbocycles. The van der Waals surface area contributed by atoms with Crippen LogP contribution in [-0.4, -0.2) is 33.4 Å². The monoisotopic (exact) mass is 390 g/mol. The van der Waals surface area contributed by atoms with Crippen LogP contribution in [0.3, 0.4) is 0 Å². The Balaban J connectivity index is 1.43. The summed E-state index contributed by atoms with van der Waals surface area (Å²) in [4.78, 5) is 14.6. The number of fused-ring (bicyclic) bond motifs is 3. The number of aromatic amines is 1. The highest BCUT2D eigenvalue weighted by molar-refractivity contribution is 5.84. The molecule has 0 fully saturated rings. The molecule has 3 heterocycles. The van der Waals surface area contributed by atoms with E-state index in [1.54, 1.807) is 6.33 Å². The molecule has 3 aromatic carbocycles. The second-order valence-electron chi connectivity index (χ2n) is 8.27. The number of hydrogen-bond acceptors (Lipinski definition) is 3. The molecule has 1 aliphatic rings. The highest BCUT2D eigenvalue weighted by Gasteiger charge is 2.26. The smallest absolute Gasteiger partial charge is 0.116 e. The highest BCUT2D eigenvalue weighted by atomic mass is 15.1. The molecule has 4 heteroatoms. The molecular weight excluding hydrogens is 368 g/mol. The lowest BCUT2D eigenvalue weighted by Crippen LogP contribution is -2.31. The lowest BCUT2D eigenvalue weighted by atomic mass is 9.86. The summed E-state index contributed by atoms with van der Waals surface area (Å²) in [6, 6.07) is 24.2. The van der Waals surface area contributed by atoms with Gasteiger partial charge in [-0.3, -0.25) is 0 Å². The minimum atomic E-state index is 0.352. The number of nitrogens with one attached hydrogen (secondary N) is 1. The second-order valence-corrected chi connectivity index (χ2v) is 8.27. The van der Waals surface area contributed by atoms with Gasteiger partial charge in [-0.1, -0.05) is 36.4 Å². The zero-order valence-corrected chi connectivity index (χ0v) is 16.8. The molecule has 1 N–H and O–H groups in total. The van der Waals surface area contributed by atoms with Gasteiger partial charge < -0.3 is 9.88 Å². The van der Waals surface area contributed by atoms with Crippen molar-refractivity contribution in [3.63, 3.8) is 0 Å². The maximum atomic E-state index is 4.34. The van der Waals surface area contributed by atoms with Crippen LogP contribution in [0.25, 0.3) is 32.9 Å². The molecule has 1 unspecified atom stereocenters. The minimum Gasteiger partial charge on any atom is -0.358 e. The molecular formula is C26H22N4. The van der Waals surface area contributed by atoms with Gasteiger partial charge >= 0.3 is 0 Å². The Morgan fingerprint density at radius 2 is 1.80 bits per heavy atom. The summed E-state index contributed by atoms with van der Waals surface area (Å²) < 4.78 is 0. The van der Waals surface area contributed by atoms with Gasteiger partial charge in [0.15, 0.2) is 0 Å². The quantitative estimate of drug-likeness (QED) is 0.442. The van der Waals surface area contributed by atoms with E-state index in [4.69, 9.17) is 0 Å². The third-order valence-electron chi connectivity index (χ3n) is 6.22. The average Bonchev–Trinajstić information content (AvgIpc) is 3.22. The van der Waals surface area contributed by atoms with E-state index >= 15 is 0 Å². The summed E-state index contributed by atoms with van der Waals surface area (Å²) in [7, 11) is 2.21. The predicted molar refractivity (Wildman–Crippen MR) is 121 cm³/mol. The third kappa shape index (κ3) is 2.88. The Kier molecular flexibility index (Phi) is 3.93. The SMILES string of the molecule is CN1Cc2cc(-c3ccc4ncncc4c3)ccc2C(c2cc3ccccc3[nH]2)C1. The van der Waals surface area contributed by atoms with Crippen molar-refractivity contribution in [1.29, 1.82) is 0 Å². The van der Waals surface area contributed by atoms with E-state index in [1.165, 1.54) is 38.9 Å². The molecule has 4 nitrogen and oxygen atoms in total. The standard InChI is InChI=1S/C26H22N4/c1-30-14-21-11-17(18-7-9-24-20(10-18)13-27-16-28-24)6-8-22(21)23(15-30)26-12-19-4-2-3-5-25(19)29-26/h2-13,16,23,29H,14-15H2,1H3. The number of rotatable bonds is 2. The first kappa shape index (κ1) is 17.4. The van der Waals surface area contributed by atoms with E-state index in [-0.39, 0.29) is 0 Å².